The Kier molecular flexibility index (Phi) is 23.4. The van der Waals surface area contributed by atoms with Crippen molar-refractivity contribution < 1.29 is 39.2 Å². The molecule has 0 aliphatic heterocycles. The van der Waals surface area contributed by atoms with Crippen molar-refractivity contribution in [3.8, 4) is 0 Å². The Hall–Kier alpha value is -2.12. The minimum atomic E-state index is -2.62. The third kappa shape index (κ3) is 18.3. The van der Waals surface area contributed by atoms with Crippen LogP contribution in [0.1, 0.15) is 168 Å². The summed E-state index contributed by atoms with van der Waals surface area (Å²) in [7, 11) is 0. The van der Waals surface area contributed by atoms with Crippen LogP contribution in [0.3, 0.4) is 0 Å². The fourth-order valence-electron chi connectivity index (χ4n) is 5.30. The van der Waals surface area contributed by atoms with Gasteiger partial charge < -0.3 is 20.1 Å². The normalized spacial score (nSPS) is 13.4. The van der Waals surface area contributed by atoms with Gasteiger partial charge in [0.2, 0.25) is 5.60 Å². The van der Waals surface area contributed by atoms with Gasteiger partial charge in [0.25, 0.3) is 0 Å². The van der Waals surface area contributed by atoms with Crippen LogP contribution in [-0.2, 0) is 23.9 Å². The van der Waals surface area contributed by atoms with Crippen LogP contribution >= 0.6 is 0 Å². The monoisotopic (exact) mass is 570 g/mol. The second-order valence-electron chi connectivity index (χ2n) is 11.4. The third-order valence-electron chi connectivity index (χ3n) is 7.76. The summed E-state index contributed by atoms with van der Waals surface area (Å²) in [6.07, 6.45) is 22.2. The highest BCUT2D eigenvalue weighted by Crippen LogP contribution is 2.33. The molecule has 0 radical (unpaired) electrons. The molecule has 8 heteroatoms. The van der Waals surface area contributed by atoms with Crippen LogP contribution in [-0.4, -0.2) is 44.8 Å². The summed E-state index contributed by atoms with van der Waals surface area (Å²) in [4.78, 5) is 48.0. The smallest absolute Gasteiger partial charge is 0.349 e. The molecular formula is C32H58O8. The number of carbonyl (C=O) groups excluding carboxylic acids is 1. The molecule has 0 aromatic heterocycles. The van der Waals surface area contributed by atoms with Crippen LogP contribution in [0, 0.1) is 5.92 Å². The Balaban J connectivity index is 4.31. The van der Waals surface area contributed by atoms with E-state index in [1.165, 1.54) is 83.5 Å². The average Bonchev–Trinajstić information content (AvgIpc) is 2.89. The minimum absolute atomic E-state index is 0.0596. The molecule has 2 unspecified atom stereocenters. The number of esters is 1. The molecule has 0 amide bonds. The van der Waals surface area contributed by atoms with Crippen molar-refractivity contribution in [3.63, 3.8) is 0 Å². The summed E-state index contributed by atoms with van der Waals surface area (Å²) in [5, 5.41) is 29.0. The van der Waals surface area contributed by atoms with Crippen LogP contribution in [0.15, 0.2) is 0 Å². The van der Waals surface area contributed by atoms with E-state index in [-0.39, 0.29) is 12.8 Å². The molecule has 0 heterocycles. The van der Waals surface area contributed by atoms with E-state index in [4.69, 9.17) is 4.74 Å². The first kappa shape index (κ1) is 37.9. The summed E-state index contributed by atoms with van der Waals surface area (Å²) >= 11 is 0. The van der Waals surface area contributed by atoms with E-state index in [0.717, 1.165) is 38.5 Å². The molecule has 8 nitrogen and oxygen atoms in total. The molecule has 0 aromatic rings. The topological polar surface area (TPSA) is 138 Å². The number of aliphatic carboxylic acids is 3. The highest BCUT2D eigenvalue weighted by atomic mass is 16.6. The van der Waals surface area contributed by atoms with E-state index >= 15 is 0 Å². The van der Waals surface area contributed by atoms with Gasteiger partial charge in [-0.15, -0.1) is 0 Å². The molecule has 40 heavy (non-hydrogen) atoms. The van der Waals surface area contributed by atoms with Crippen LogP contribution in [0.4, 0.5) is 0 Å². The molecular weight excluding hydrogens is 512 g/mol. The van der Waals surface area contributed by atoms with Crippen molar-refractivity contribution in [2.24, 2.45) is 5.92 Å². The van der Waals surface area contributed by atoms with Crippen molar-refractivity contribution in [2.45, 2.75) is 174 Å². The maximum absolute atomic E-state index is 12.3. The number of hydrogen-bond donors (Lipinski definition) is 3. The predicted molar refractivity (Wildman–Crippen MR) is 157 cm³/mol. The lowest BCUT2D eigenvalue weighted by Gasteiger charge is -2.33. The number of unbranched alkanes of at least 4 members (excludes halogenated alkanes) is 19. The quantitative estimate of drug-likeness (QED) is 0.0600. The van der Waals surface area contributed by atoms with Gasteiger partial charge >= 0.3 is 23.9 Å². The lowest BCUT2D eigenvalue weighted by Crippen LogP contribution is -2.54. The van der Waals surface area contributed by atoms with Gasteiger partial charge in [-0.3, -0.25) is 14.4 Å². The van der Waals surface area contributed by atoms with Gasteiger partial charge in [0.05, 0.1) is 6.42 Å². The molecule has 0 fully saturated rings. The molecule has 0 saturated carbocycles. The zero-order valence-corrected chi connectivity index (χ0v) is 25.4. The van der Waals surface area contributed by atoms with E-state index in [0.29, 0.717) is 12.8 Å². The number of rotatable bonds is 29. The largest absolute Gasteiger partial charge is 0.481 e. The first-order valence-electron chi connectivity index (χ1n) is 16.1. The van der Waals surface area contributed by atoms with E-state index < -0.39 is 41.8 Å². The first-order chi connectivity index (χ1) is 19.2. The number of carboxylic acid groups (broad SMARTS) is 3. The van der Waals surface area contributed by atoms with E-state index in [9.17, 15) is 34.5 Å². The summed E-state index contributed by atoms with van der Waals surface area (Å²) in [5.41, 5.74) is -2.62. The number of hydrogen-bond acceptors (Lipinski definition) is 5. The zero-order chi connectivity index (χ0) is 30.1. The standard InChI is InChI=1S/C32H58O8/c1-3-5-7-8-9-10-11-12-13-14-15-16-17-18-19-20-21-23-24-27(30(36)37)32(31(38)39,26-28(33)34)40-29(35)25-22-6-4-2/h27H,3-26H2,1-2H3,(H,33,34)(H,36,37)(H,38,39). The SMILES string of the molecule is CCCCCCCCCCCCCCCCCCCCC(C(=O)O)C(CC(=O)O)(OC(=O)CCCCC)C(=O)O. The van der Waals surface area contributed by atoms with Crippen LogP contribution in [0.5, 0.6) is 0 Å². The minimum Gasteiger partial charge on any atom is -0.481 e. The zero-order valence-electron chi connectivity index (χ0n) is 25.4. The highest BCUT2D eigenvalue weighted by molar-refractivity contribution is 5.92. The van der Waals surface area contributed by atoms with Gasteiger partial charge in [-0.1, -0.05) is 142 Å². The Morgan fingerprint density at radius 2 is 0.950 bits per heavy atom. The molecule has 2 atom stereocenters. The number of ether oxygens (including phenoxy) is 1. The summed E-state index contributed by atoms with van der Waals surface area (Å²) < 4.78 is 5.17. The average molecular weight is 571 g/mol. The fraction of sp³-hybridized carbons (Fsp3) is 0.875. The third-order valence-corrected chi connectivity index (χ3v) is 7.76. The summed E-state index contributed by atoms with van der Waals surface area (Å²) in [6, 6.07) is 0. The molecule has 0 aliphatic rings. The molecule has 0 bridgehead atoms. The molecule has 0 aliphatic carbocycles. The van der Waals surface area contributed by atoms with Crippen molar-refractivity contribution in [1.82, 2.24) is 0 Å². The van der Waals surface area contributed by atoms with Gasteiger partial charge in [0.1, 0.15) is 5.92 Å². The van der Waals surface area contributed by atoms with E-state index in [1.54, 1.807) is 0 Å². The van der Waals surface area contributed by atoms with Crippen LogP contribution < -0.4 is 0 Å². The summed E-state index contributed by atoms with van der Waals surface area (Å²) in [5.74, 6) is -7.21. The maximum atomic E-state index is 12.3. The van der Waals surface area contributed by atoms with Gasteiger partial charge in [0.15, 0.2) is 0 Å². The van der Waals surface area contributed by atoms with Crippen molar-refractivity contribution in [1.29, 1.82) is 0 Å². The van der Waals surface area contributed by atoms with E-state index in [1.807, 2.05) is 6.92 Å². The summed E-state index contributed by atoms with van der Waals surface area (Å²) in [6.45, 7) is 4.19. The fourth-order valence-corrected chi connectivity index (χ4v) is 5.30. The Labute approximate surface area is 242 Å². The molecule has 3 N–H and O–H groups in total. The maximum Gasteiger partial charge on any atom is 0.349 e. The molecule has 0 saturated heterocycles. The van der Waals surface area contributed by atoms with Crippen molar-refractivity contribution >= 4 is 23.9 Å². The Bertz CT molecular complexity index is 692. The second kappa shape index (κ2) is 24.7. The number of carbonyl (C=O) groups is 4. The van der Waals surface area contributed by atoms with Crippen LogP contribution in [0.2, 0.25) is 0 Å². The Morgan fingerprint density at radius 3 is 1.30 bits per heavy atom. The Morgan fingerprint density at radius 1 is 0.575 bits per heavy atom. The second-order valence-corrected chi connectivity index (χ2v) is 11.4. The van der Waals surface area contributed by atoms with Gasteiger partial charge in [-0.25, -0.2) is 4.79 Å². The van der Waals surface area contributed by atoms with Crippen molar-refractivity contribution in [2.75, 3.05) is 0 Å². The molecule has 0 aromatic carbocycles. The van der Waals surface area contributed by atoms with Crippen molar-refractivity contribution in [3.05, 3.63) is 0 Å². The van der Waals surface area contributed by atoms with E-state index in [2.05, 4.69) is 6.92 Å². The lowest BCUT2D eigenvalue weighted by atomic mass is 9.80. The first-order valence-corrected chi connectivity index (χ1v) is 16.1. The van der Waals surface area contributed by atoms with Gasteiger partial charge in [-0.05, 0) is 12.8 Å². The number of carboxylic acids is 3. The molecule has 234 valence electrons. The molecule has 0 spiro atoms. The molecule has 0 rings (SSSR count). The lowest BCUT2D eigenvalue weighted by molar-refractivity contribution is -0.195. The van der Waals surface area contributed by atoms with Gasteiger partial charge in [-0.2, -0.15) is 0 Å². The van der Waals surface area contributed by atoms with Crippen LogP contribution in [0.25, 0.3) is 0 Å². The predicted octanol–water partition coefficient (Wildman–Crippen LogP) is 8.54. The van der Waals surface area contributed by atoms with Gasteiger partial charge in [0, 0.05) is 6.42 Å². The highest BCUT2D eigenvalue weighted by Gasteiger charge is 2.54.